The van der Waals surface area contributed by atoms with Gasteiger partial charge in [0.2, 0.25) is 0 Å². The zero-order valence-corrected chi connectivity index (χ0v) is 10.7. The summed E-state index contributed by atoms with van der Waals surface area (Å²) >= 11 is 6.29. The Hall–Kier alpha value is -0.730. The quantitative estimate of drug-likeness (QED) is 0.873. The maximum atomic E-state index is 9.08. The van der Waals surface area contributed by atoms with E-state index in [4.69, 9.17) is 16.7 Å². The van der Waals surface area contributed by atoms with E-state index in [1.54, 1.807) is 0 Å². The van der Waals surface area contributed by atoms with Crippen LogP contribution in [0, 0.1) is 11.8 Å². The number of rotatable bonds is 2. The molecule has 1 aliphatic heterocycles. The molecule has 2 atom stereocenters. The number of aliphatic hydroxyl groups excluding tert-OH is 1. The molecule has 2 nitrogen and oxygen atoms in total. The van der Waals surface area contributed by atoms with Crippen LogP contribution in [0.4, 0.5) is 5.69 Å². The van der Waals surface area contributed by atoms with Crippen LogP contribution < -0.4 is 4.90 Å². The second-order valence-electron chi connectivity index (χ2n) is 5.30. The van der Waals surface area contributed by atoms with Gasteiger partial charge in [-0.3, -0.25) is 0 Å². The highest BCUT2D eigenvalue weighted by atomic mass is 35.5. The molecule has 0 radical (unpaired) electrons. The van der Waals surface area contributed by atoms with E-state index in [-0.39, 0.29) is 6.61 Å². The fraction of sp³-hybridized carbons (Fsp3) is 0.571. The summed E-state index contributed by atoms with van der Waals surface area (Å²) in [7, 11) is 0. The van der Waals surface area contributed by atoms with Gasteiger partial charge in [-0.2, -0.15) is 0 Å². The van der Waals surface area contributed by atoms with Gasteiger partial charge in [0.05, 0.1) is 17.3 Å². The van der Waals surface area contributed by atoms with E-state index in [1.807, 2.05) is 12.1 Å². The molecule has 0 amide bonds. The van der Waals surface area contributed by atoms with Crippen LogP contribution in [0.2, 0.25) is 5.02 Å². The van der Waals surface area contributed by atoms with Gasteiger partial charge >= 0.3 is 0 Å². The first-order chi connectivity index (χ1) is 8.28. The molecule has 1 aromatic rings. The summed E-state index contributed by atoms with van der Waals surface area (Å²) in [6.45, 7) is 2.37. The van der Waals surface area contributed by atoms with E-state index in [1.165, 1.54) is 19.3 Å². The molecule has 0 aromatic heterocycles. The molecule has 1 heterocycles. The van der Waals surface area contributed by atoms with Crippen molar-refractivity contribution >= 4 is 17.3 Å². The first kappa shape index (κ1) is 11.4. The van der Waals surface area contributed by atoms with Crippen molar-refractivity contribution in [2.75, 3.05) is 18.0 Å². The SMILES string of the molecule is OCc1ccc(N2CC3CCCC3C2)c(Cl)c1. The second kappa shape index (κ2) is 4.51. The summed E-state index contributed by atoms with van der Waals surface area (Å²) in [5, 5.41) is 9.85. The third-order valence-electron chi connectivity index (χ3n) is 4.26. The first-order valence-corrected chi connectivity index (χ1v) is 6.80. The van der Waals surface area contributed by atoms with Gasteiger partial charge in [0.1, 0.15) is 0 Å². The van der Waals surface area contributed by atoms with Crippen molar-refractivity contribution in [1.82, 2.24) is 0 Å². The van der Waals surface area contributed by atoms with Gasteiger partial charge in [-0.25, -0.2) is 0 Å². The molecule has 1 saturated heterocycles. The standard InChI is InChI=1S/C14H18ClNO/c15-13-6-10(9-17)4-5-14(13)16-7-11-2-1-3-12(11)8-16/h4-6,11-12,17H,1-3,7-9H2. The third kappa shape index (κ3) is 2.04. The van der Waals surface area contributed by atoms with Gasteiger partial charge in [-0.1, -0.05) is 24.1 Å². The molecule has 2 aliphatic rings. The predicted molar refractivity (Wildman–Crippen MR) is 70.4 cm³/mol. The zero-order chi connectivity index (χ0) is 11.8. The van der Waals surface area contributed by atoms with Crippen molar-refractivity contribution in [3.63, 3.8) is 0 Å². The molecule has 17 heavy (non-hydrogen) atoms. The van der Waals surface area contributed by atoms with E-state index in [0.29, 0.717) is 0 Å². The van der Waals surface area contributed by atoms with Crippen LogP contribution in [-0.4, -0.2) is 18.2 Å². The average Bonchev–Trinajstić information content (AvgIpc) is 2.89. The van der Waals surface area contributed by atoms with Gasteiger partial charge in [-0.15, -0.1) is 0 Å². The molecule has 1 saturated carbocycles. The van der Waals surface area contributed by atoms with Crippen LogP contribution in [0.25, 0.3) is 0 Å². The van der Waals surface area contributed by atoms with Gasteiger partial charge in [0.25, 0.3) is 0 Å². The van der Waals surface area contributed by atoms with Gasteiger partial charge < -0.3 is 10.0 Å². The molecule has 1 aromatic carbocycles. The van der Waals surface area contributed by atoms with Crippen molar-refractivity contribution in [3.8, 4) is 0 Å². The Morgan fingerprint density at radius 1 is 1.24 bits per heavy atom. The maximum absolute atomic E-state index is 9.08. The second-order valence-corrected chi connectivity index (χ2v) is 5.71. The zero-order valence-electron chi connectivity index (χ0n) is 9.90. The van der Waals surface area contributed by atoms with E-state index in [2.05, 4.69) is 11.0 Å². The molecular formula is C14H18ClNO. The van der Waals surface area contributed by atoms with E-state index in [9.17, 15) is 0 Å². The normalized spacial score (nSPS) is 27.5. The number of benzene rings is 1. The van der Waals surface area contributed by atoms with E-state index >= 15 is 0 Å². The van der Waals surface area contributed by atoms with Crippen molar-refractivity contribution in [2.45, 2.75) is 25.9 Å². The minimum Gasteiger partial charge on any atom is -0.392 e. The first-order valence-electron chi connectivity index (χ1n) is 6.42. The fourth-order valence-corrected chi connectivity index (χ4v) is 3.66. The molecular weight excluding hydrogens is 234 g/mol. The Labute approximate surface area is 107 Å². The summed E-state index contributed by atoms with van der Waals surface area (Å²) < 4.78 is 0. The van der Waals surface area contributed by atoms with Gasteiger partial charge in [-0.05, 0) is 42.4 Å². The van der Waals surface area contributed by atoms with Gasteiger partial charge in [0.15, 0.2) is 0 Å². The number of hydrogen-bond donors (Lipinski definition) is 1. The van der Waals surface area contributed by atoms with Crippen LogP contribution in [0.1, 0.15) is 24.8 Å². The lowest BCUT2D eigenvalue weighted by Gasteiger charge is -2.21. The summed E-state index contributed by atoms with van der Waals surface area (Å²) in [5.74, 6) is 1.76. The summed E-state index contributed by atoms with van der Waals surface area (Å²) in [6.07, 6.45) is 4.17. The minimum atomic E-state index is 0.0608. The monoisotopic (exact) mass is 251 g/mol. The predicted octanol–water partition coefficient (Wildman–Crippen LogP) is 3.07. The highest BCUT2D eigenvalue weighted by Gasteiger charge is 2.36. The smallest absolute Gasteiger partial charge is 0.0682 e. The molecule has 0 spiro atoms. The Bertz CT molecular complexity index is 409. The van der Waals surface area contributed by atoms with E-state index in [0.717, 1.165) is 41.2 Å². The van der Waals surface area contributed by atoms with Crippen molar-refractivity contribution in [3.05, 3.63) is 28.8 Å². The lowest BCUT2D eigenvalue weighted by Crippen LogP contribution is -2.21. The topological polar surface area (TPSA) is 23.5 Å². The van der Waals surface area contributed by atoms with Crippen LogP contribution in [0.15, 0.2) is 18.2 Å². The average molecular weight is 252 g/mol. The minimum absolute atomic E-state index is 0.0608. The highest BCUT2D eigenvalue weighted by molar-refractivity contribution is 6.33. The molecule has 2 unspecified atom stereocenters. The molecule has 1 N–H and O–H groups in total. The fourth-order valence-electron chi connectivity index (χ4n) is 3.34. The molecule has 0 bridgehead atoms. The Morgan fingerprint density at radius 2 is 1.94 bits per heavy atom. The lowest BCUT2D eigenvalue weighted by molar-refractivity contribution is 0.282. The molecule has 3 heteroatoms. The van der Waals surface area contributed by atoms with E-state index < -0.39 is 0 Å². The highest BCUT2D eigenvalue weighted by Crippen LogP contribution is 2.41. The summed E-state index contributed by atoms with van der Waals surface area (Å²) in [5.41, 5.74) is 2.02. The Morgan fingerprint density at radius 3 is 2.53 bits per heavy atom. The number of nitrogens with zero attached hydrogens (tertiary/aromatic N) is 1. The molecule has 1 aliphatic carbocycles. The Balaban J connectivity index is 1.81. The van der Waals surface area contributed by atoms with Crippen LogP contribution in [0.3, 0.4) is 0 Å². The van der Waals surface area contributed by atoms with Crippen LogP contribution in [-0.2, 0) is 6.61 Å². The molecule has 2 fully saturated rings. The number of aliphatic hydroxyl groups is 1. The lowest BCUT2D eigenvalue weighted by atomic mass is 10.0. The van der Waals surface area contributed by atoms with Gasteiger partial charge in [0, 0.05) is 13.1 Å². The summed E-state index contributed by atoms with van der Waals surface area (Å²) in [6, 6.07) is 5.90. The Kier molecular flexibility index (Phi) is 3.01. The van der Waals surface area contributed by atoms with Crippen molar-refractivity contribution in [1.29, 1.82) is 0 Å². The number of hydrogen-bond acceptors (Lipinski definition) is 2. The molecule has 3 rings (SSSR count). The number of fused-ring (bicyclic) bond motifs is 1. The number of anilines is 1. The van der Waals surface area contributed by atoms with Crippen molar-refractivity contribution in [2.24, 2.45) is 11.8 Å². The largest absolute Gasteiger partial charge is 0.392 e. The summed E-state index contributed by atoms with van der Waals surface area (Å²) in [4.78, 5) is 2.41. The van der Waals surface area contributed by atoms with Crippen LogP contribution in [0.5, 0.6) is 0 Å². The third-order valence-corrected chi connectivity index (χ3v) is 4.56. The maximum Gasteiger partial charge on any atom is 0.0682 e. The van der Waals surface area contributed by atoms with Crippen molar-refractivity contribution < 1.29 is 5.11 Å². The number of halogens is 1. The van der Waals surface area contributed by atoms with Crippen LogP contribution >= 0.6 is 11.6 Å². The molecule has 92 valence electrons.